The topological polar surface area (TPSA) is 61.8 Å². The maximum absolute atomic E-state index is 10.9. The third-order valence-electron chi connectivity index (χ3n) is 3.04. The summed E-state index contributed by atoms with van der Waals surface area (Å²) < 4.78 is 15.3. The molecule has 0 unspecified atom stereocenters. The van der Waals surface area contributed by atoms with E-state index in [0.29, 0.717) is 25.9 Å². The molecule has 0 radical (unpaired) electrons. The molecule has 1 aliphatic heterocycles. The quantitative estimate of drug-likeness (QED) is 0.306. The molecule has 0 aromatic carbocycles. The minimum absolute atomic E-state index is 0.171. The zero-order valence-corrected chi connectivity index (χ0v) is 11.6. The normalized spacial score (nSPS) is 27.4. The number of carbonyl (C=O) groups excluding carboxylic acids is 2. The molecule has 5 nitrogen and oxygen atoms in total. The van der Waals surface area contributed by atoms with E-state index in [1.54, 1.807) is 6.92 Å². The Labute approximate surface area is 113 Å². The van der Waals surface area contributed by atoms with Gasteiger partial charge in [-0.2, -0.15) is 0 Å². The van der Waals surface area contributed by atoms with Gasteiger partial charge in [-0.3, -0.25) is 9.59 Å². The van der Waals surface area contributed by atoms with E-state index in [2.05, 4.69) is 16.9 Å². The fraction of sp³-hybridized carbons (Fsp3) is 0.714. The van der Waals surface area contributed by atoms with E-state index in [-0.39, 0.29) is 11.9 Å². The highest BCUT2D eigenvalue weighted by molar-refractivity contribution is 5.69. The van der Waals surface area contributed by atoms with Crippen molar-refractivity contribution in [2.75, 3.05) is 20.3 Å². The molecule has 0 aromatic heterocycles. The van der Waals surface area contributed by atoms with Crippen molar-refractivity contribution in [2.45, 2.75) is 38.4 Å². The Bertz CT molecular complexity index is 316. The Morgan fingerprint density at radius 3 is 2.63 bits per heavy atom. The second kappa shape index (κ2) is 8.07. The highest BCUT2D eigenvalue weighted by atomic mass is 16.7. The SMILES string of the molecule is COC(=O)CCCC=CCC1COC(C)(C=O)OC1. The summed E-state index contributed by atoms with van der Waals surface area (Å²) in [4.78, 5) is 21.6. The van der Waals surface area contributed by atoms with Gasteiger partial charge in [0.05, 0.1) is 20.3 Å². The van der Waals surface area contributed by atoms with Crippen molar-refractivity contribution in [1.82, 2.24) is 0 Å². The van der Waals surface area contributed by atoms with E-state index in [1.165, 1.54) is 7.11 Å². The van der Waals surface area contributed by atoms with Crippen LogP contribution in [0.15, 0.2) is 12.2 Å². The Morgan fingerprint density at radius 2 is 2.05 bits per heavy atom. The largest absolute Gasteiger partial charge is 0.469 e. The molecule has 108 valence electrons. The lowest BCUT2D eigenvalue weighted by Gasteiger charge is -2.33. The van der Waals surface area contributed by atoms with Gasteiger partial charge in [0.15, 0.2) is 6.29 Å². The van der Waals surface area contributed by atoms with Crippen LogP contribution in [-0.2, 0) is 23.8 Å². The van der Waals surface area contributed by atoms with Gasteiger partial charge in [-0.15, -0.1) is 0 Å². The van der Waals surface area contributed by atoms with Gasteiger partial charge >= 0.3 is 5.97 Å². The molecule has 5 heteroatoms. The molecular weight excluding hydrogens is 248 g/mol. The summed E-state index contributed by atoms with van der Waals surface area (Å²) in [6, 6.07) is 0. The first kappa shape index (κ1) is 15.9. The molecule has 1 fully saturated rings. The van der Waals surface area contributed by atoms with Crippen LogP contribution in [0.4, 0.5) is 0 Å². The minimum atomic E-state index is -1.07. The van der Waals surface area contributed by atoms with Crippen molar-refractivity contribution in [3.05, 3.63) is 12.2 Å². The number of unbranched alkanes of at least 4 members (excludes halogenated alkanes) is 1. The molecule has 19 heavy (non-hydrogen) atoms. The molecule has 1 heterocycles. The molecule has 1 aliphatic rings. The number of allylic oxidation sites excluding steroid dienone is 2. The lowest BCUT2D eigenvalue weighted by Crippen LogP contribution is -2.42. The van der Waals surface area contributed by atoms with Crippen molar-refractivity contribution in [3.63, 3.8) is 0 Å². The van der Waals surface area contributed by atoms with E-state index >= 15 is 0 Å². The van der Waals surface area contributed by atoms with E-state index in [0.717, 1.165) is 19.3 Å². The number of hydrogen-bond acceptors (Lipinski definition) is 5. The standard InChI is InChI=1S/C14H22O5/c1-14(11-15)18-9-12(10-19-14)7-5-3-4-6-8-13(16)17-2/h3,5,11-12H,4,6-10H2,1-2H3. The maximum Gasteiger partial charge on any atom is 0.305 e. The third kappa shape index (κ3) is 5.98. The van der Waals surface area contributed by atoms with Gasteiger partial charge in [-0.25, -0.2) is 0 Å². The lowest BCUT2D eigenvalue weighted by atomic mass is 10.1. The van der Waals surface area contributed by atoms with Crippen molar-refractivity contribution in [3.8, 4) is 0 Å². The van der Waals surface area contributed by atoms with Gasteiger partial charge in [0.25, 0.3) is 0 Å². The summed E-state index contributed by atoms with van der Waals surface area (Å²) in [5.74, 6) is -0.957. The van der Waals surface area contributed by atoms with Crippen molar-refractivity contribution in [2.24, 2.45) is 5.92 Å². The fourth-order valence-corrected chi connectivity index (χ4v) is 1.73. The molecule has 0 aliphatic carbocycles. The molecule has 1 saturated heterocycles. The fourth-order valence-electron chi connectivity index (χ4n) is 1.73. The van der Waals surface area contributed by atoms with Gasteiger partial charge in [-0.05, 0) is 26.2 Å². The summed E-state index contributed by atoms with van der Waals surface area (Å²) >= 11 is 0. The van der Waals surface area contributed by atoms with Crippen LogP contribution in [0, 0.1) is 5.92 Å². The highest BCUT2D eigenvalue weighted by Crippen LogP contribution is 2.21. The number of carbonyl (C=O) groups is 2. The Morgan fingerprint density at radius 1 is 1.37 bits per heavy atom. The average molecular weight is 270 g/mol. The van der Waals surface area contributed by atoms with Crippen molar-refractivity contribution < 1.29 is 23.8 Å². The first-order valence-electron chi connectivity index (χ1n) is 6.55. The number of esters is 1. The summed E-state index contributed by atoms with van der Waals surface area (Å²) in [6.45, 7) is 2.68. The van der Waals surface area contributed by atoms with Crippen LogP contribution >= 0.6 is 0 Å². The summed E-state index contributed by atoms with van der Waals surface area (Å²) in [5, 5.41) is 0. The molecular formula is C14H22O5. The van der Waals surface area contributed by atoms with Gasteiger partial charge < -0.3 is 14.2 Å². The summed E-state index contributed by atoms with van der Waals surface area (Å²) in [5.41, 5.74) is 0. The van der Waals surface area contributed by atoms with E-state index < -0.39 is 5.79 Å². The molecule has 0 amide bonds. The lowest BCUT2D eigenvalue weighted by molar-refractivity contribution is -0.250. The number of ether oxygens (including phenoxy) is 3. The second-order valence-electron chi connectivity index (χ2n) is 4.80. The molecule has 1 rings (SSSR count). The third-order valence-corrected chi connectivity index (χ3v) is 3.04. The molecule has 0 bridgehead atoms. The van der Waals surface area contributed by atoms with Gasteiger partial charge in [0.2, 0.25) is 5.79 Å². The monoisotopic (exact) mass is 270 g/mol. The predicted octanol–water partition coefficient (Wildman–Crippen LogP) is 1.85. The van der Waals surface area contributed by atoms with Crippen LogP contribution in [0.1, 0.15) is 32.6 Å². The zero-order chi connectivity index (χ0) is 14.1. The first-order valence-corrected chi connectivity index (χ1v) is 6.55. The zero-order valence-electron chi connectivity index (χ0n) is 11.6. The smallest absolute Gasteiger partial charge is 0.305 e. The van der Waals surface area contributed by atoms with E-state index in [1.807, 2.05) is 0 Å². The number of rotatable bonds is 7. The minimum Gasteiger partial charge on any atom is -0.469 e. The van der Waals surface area contributed by atoms with Gasteiger partial charge in [0.1, 0.15) is 0 Å². The van der Waals surface area contributed by atoms with Gasteiger partial charge in [-0.1, -0.05) is 12.2 Å². The molecule has 0 N–H and O–H groups in total. The first-order chi connectivity index (χ1) is 9.09. The molecule has 0 aromatic rings. The van der Waals surface area contributed by atoms with Crippen LogP contribution in [-0.4, -0.2) is 38.4 Å². The van der Waals surface area contributed by atoms with Crippen LogP contribution < -0.4 is 0 Å². The number of aldehydes is 1. The average Bonchev–Trinajstić information content (AvgIpc) is 2.44. The van der Waals surface area contributed by atoms with Crippen LogP contribution in [0.5, 0.6) is 0 Å². The number of methoxy groups -OCH3 is 1. The summed E-state index contributed by atoms with van der Waals surface area (Å²) in [6.07, 6.45) is 7.77. The maximum atomic E-state index is 10.9. The Kier molecular flexibility index (Phi) is 6.73. The number of hydrogen-bond donors (Lipinski definition) is 0. The van der Waals surface area contributed by atoms with Crippen LogP contribution in [0.25, 0.3) is 0 Å². The van der Waals surface area contributed by atoms with Crippen molar-refractivity contribution >= 4 is 12.3 Å². The summed E-state index contributed by atoms with van der Waals surface area (Å²) in [7, 11) is 1.40. The Balaban J connectivity index is 2.10. The van der Waals surface area contributed by atoms with E-state index in [4.69, 9.17) is 9.47 Å². The molecule has 0 spiro atoms. The molecule has 0 saturated carbocycles. The van der Waals surface area contributed by atoms with Crippen molar-refractivity contribution in [1.29, 1.82) is 0 Å². The Hall–Kier alpha value is -1.20. The van der Waals surface area contributed by atoms with Crippen LogP contribution in [0.2, 0.25) is 0 Å². The predicted molar refractivity (Wildman–Crippen MR) is 69.5 cm³/mol. The van der Waals surface area contributed by atoms with Crippen LogP contribution in [0.3, 0.4) is 0 Å². The molecule has 0 atom stereocenters. The highest BCUT2D eigenvalue weighted by Gasteiger charge is 2.31. The second-order valence-corrected chi connectivity index (χ2v) is 4.80. The van der Waals surface area contributed by atoms with Gasteiger partial charge in [0, 0.05) is 12.3 Å². The van der Waals surface area contributed by atoms with E-state index in [9.17, 15) is 9.59 Å².